The highest BCUT2D eigenvalue weighted by Gasteiger charge is 2.24. The third kappa shape index (κ3) is 1.04. The number of hydrogen-bond acceptors (Lipinski definition) is 3. The Hall–Kier alpha value is -1.13. The summed E-state index contributed by atoms with van der Waals surface area (Å²) in [4.78, 5) is 0. The molecule has 2 aromatic rings. The fraction of sp³-hybridized carbons (Fsp3) is 0.333. The van der Waals surface area contributed by atoms with E-state index in [2.05, 4.69) is 15.5 Å². The highest BCUT2D eigenvalue weighted by Crippen LogP contribution is 2.21. The zero-order valence-corrected chi connectivity index (χ0v) is 8.20. The van der Waals surface area contributed by atoms with Gasteiger partial charge in [0.25, 0.3) is 0 Å². The third-order valence-electron chi connectivity index (χ3n) is 2.56. The molecule has 2 aromatic heterocycles. The van der Waals surface area contributed by atoms with Crippen LogP contribution in [0.5, 0.6) is 0 Å². The Bertz CT molecular complexity index is 475. The number of aromatic nitrogens is 3. The summed E-state index contributed by atoms with van der Waals surface area (Å²) in [7, 11) is 0. The first-order valence-electron chi connectivity index (χ1n) is 4.56. The maximum atomic E-state index is 6.00. The van der Waals surface area contributed by atoms with E-state index >= 15 is 0 Å². The van der Waals surface area contributed by atoms with Crippen LogP contribution in [0.2, 0.25) is 5.02 Å². The molecule has 0 saturated carbocycles. The predicted octanol–water partition coefficient (Wildman–Crippen LogP) is 1.07. The van der Waals surface area contributed by atoms with Gasteiger partial charge in [-0.2, -0.15) is 0 Å². The van der Waals surface area contributed by atoms with Crippen molar-refractivity contribution < 1.29 is 0 Å². The topological polar surface area (TPSA) is 42.2 Å². The van der Waals surface area contributed by atoms with Gasteiger partial charge in [0.1, 0.15) is 5.82 Å². The van der Waals surface area contributed by atoms with E-state index < -0.39 is 0 Å². The maximum Gasteiger partial charge on any atom is 0.179 e. The molecule has 5 heteroatoms. The standard InChI is InChI=1S/C9H9ClN4/c10-7-2-1-3-14-8(6-4-11-5-6)12-13-9(7)14/h1-3,6,11H,4-5H2. The van der Waals surface area contributed by atoms with E-state index in [4.69, 9.17) is 11.6 Å². The van der Waals surface area contributed by atoms with Gasteiger partial charge in [0.15, 0.2) is 5.65 Å². The molecule has 0 amide bonds. The number of nitrogens with one attached hydrogen (secondary N) is 1. The molecule has 1 N–H and O–H groups in total. The lowest BCUT2D eigenvalue weighted by Gasteiger charge is -2.25. The second kappa shape index (κ2) is 2.93. The lowest BCUT2D eigenvalue weighted by Crippen LogP contribution is -2.40. The molecule has 3 heterocycles. The van der Waals surface area contributed by atoms with Gasteiger partial charge in [0.05, 0.1) is 5.02 Å². The van der Waals surface area contributed by atoms with Crippen LogP contribution in [0, 0.1) is 0 Å². The molecular formula is C9H9ClN4. The highest BCUT2D eigenvalue weighted by molar-refractivity contribution is 6.33. The molecule has 72 valence electrons. The summed E-state index contributed by atoms with van der Waals surface area (Å²) in [6.07, 6.45) is 1.95. The van der Waals surface area contributed by atoms with Crippen molar-refractivity contribution in [3.05, 3.63) is 29.2 Å². The van der Waals surface area contributed by atoms with Crippen LogP contribution in [0.1, 0.15) is 11.7 Å². The minimum absolute atomic E-state index is 0.475. The van der Waals surface area contributed by atoms with Gasteiger partial charge in [-0.1, -0.05) is 11.6 Å². The van der Waals surface area contributed by atoms with Gasteiger partial charge < -0.3 is 5.32 Å². The number of nitrogens with zero attached hydrogens (tertiary/aromatic N) is 3. The van der Waals surface area contributed by atoms with Crippen molar-refractivity contribution in [1.29, 1.82) is 0 Å². The van der Waals surface area contributed by atoms with Gasteiger partial charge in [-0.05, 0) is 12.1 Å². The first-order valence-corrected chi connectivity index (χ1v) is 4.94. The minimum atomic E-state index is 0.475. The summed E-state index contributed by atoms with van der Waals surface area (Å²) in [5.41, 5.74) is 0.746. The Morgan fingerprint density at radius 1 is 1.43 bits per heavy atom. The van der Waals surface area contributed by atoms with Crippen molar-refractivity contribution in [2.75, 3.05) is 13.1 Å². The SMILES string of the molecule is Clc1cccn2c(C3CNC3)nnc12. The van der Waals surface area contributed by atoms with Crippen LogP contribution in [0.3, 0.4) is 0 Å². The molecule has 1 fully saturated rings. The Morgan fingerprint density at radius 3 is 3.00 bits per heavy atom. The molecule has 1 aliphatic rings. The van der Waals surface area contributed by atoms with Crippen molar-refractivity contribution in [2.45, 2.75) is 5.92 Å². The van der Waals surface area contributed by atoms with E-state index in [1.807, 2.05) is 22.7 Å². The van der Waals surface area contributed by atoms with E-state index in [9.17, 15) is 0 Å². The smallest absolute Gasteiger partial charge is 0.179 e. The zero-order valence-electron chi connectivity index (χ0n) is 7.44. The maximum absolute atomic E-state index is 6.00. The number of pyridine rings is 1. The van der Waals surface area contributed by atoms with Crippen LogP contribution in [0.15, 0.2) is 18.3 Å². The molecule has 3 rings (SSSR count). The monoisotopic (exact) mass is 208 g/mol. The van der Waals surface area contributed by atoms with Gasteiger partial charge in [0.2, 0.25) is 0 Å². The van der Waals surface area contributed by atoms with Crippen LogP contribution in [0.25, 0.3) is 5.65 Å². The van der Waals surface area contributed by atoms with Crippen LogP contribution in [-0.2, 0) is 0 Å². The van der Waals surface area contributed by atoms with Crippen molar-refractivity contribution in [3.8, 4) is 0 Å². The Kier molecular flexibility index (Phi) is 1.72. The van der Waals surface area contributed by atoms with E-state index in [0.29, 0.717) is 10.9 Å². The summed E-state index contributed by atoms with van der Waals surface area (Å²) >= 11 is 6.00. The fourth-order valence-corrected chi connectivity index (χ4v) is 1.85. The normalized spacial score (nSPS) is 17.2. The van der Waals surface area contributed by atoms with Crippen LogP contribution in [0.4, 0.5) is 0 Å². The summed E-state index contributed by atoms with van der Waals surface area (Å²) in [6.45, 7) is 1.96. The molecule has 0 aliphatic carbocycles. The average molecular weight is 209 g/mol. The van der Waals surface area contributed by atoms with E-state index in [-0.39, 0.29) is 0 Å². The molecule has 0 radical (unpaired) electrons. The largest absolute Gasteiger partial charge is 0.315 e. The molecular weight excluding hydrogens is 200 g/mol. The van der Waals surface area contributed by atoms with Crippen molar-refractivity contribution in [1.82, 2.24) is 19.9 Å². The van der Waals surface area contributed by atoms with Crippen molar-refractivity contribution in [3.63, 3.8) is 0 Å². The number of hydrogen-bond donors (Lipinski definition) is 1. The second-order valence-electron chi connectivity index (χ2n) is 3.46. The first-order chi connectivity index (χ1) is 6.86. The van der Waals surface area contributed by atoms with Gasteiger partial charge >= 0.3 is 0 Å². The number of rotatable bonds is 1. The van der Waals surface area contributed by atoms with Gasteiger partial charge in [-0.15, -0.1) is 10.2 Å². The molecule has 0 atom stereocenters. The number of fused-ring (bicyclic) bond motifs is 1. The third-order valence-corrected chi connectivity index (χ3v) is 2.86. The summed E-state index contributed by atoms with van der Waals surface area (Å²) < 4.78 is 1.97. The Labute approximate surface area is 85.9 Å². The molecule has 0 bridgehead atoms. The van der Waals surface area contributed by atoms with Crippen molar-refractivity contribution >= 4 is 17.2 Å². The lowest BCUT2D eigenvalue weighted by molar-refractivity contribution is 0.427. The molecule has 1 aliphatic heterocycles. The zero-order chi connectivity index (χ0) is 9.54. The first kappa shape index (κ1) is 8.20. The van der Waals surface area contributed by atoms with Gasteiger partial charge in [-0.25, -0.2) is 0 Å². The van der Waals surface area contributed by atoms with Gasteiger partial charge in [0, 0.05) is 25.2 Å². The molecule has 0 aromatic carbocycles. The Balaban J connectivity index is 2.20. The molecule has 4 nitrogen and oxygen atoms in total. The summed E-state index contributed by atoms with van der Waals surface area (Å²) in [5.74, 6) is 1.48. The quantitative estimate of drug-likeness (QED) is 0.763. The molecule has 0 unspecified atom stereocenters. The van der Waals surface area contributed by atoms with Crippen LogP contribution in [-0.4, -0.2) is 27.7 Å². The Morgan fingerprint density at radius 2 is 2.29 bits per heavy atom. The molecule has 0 spiro atoms. The van der Waals surface area contributed by atoms with Crippen LogP contribution < -0.4 is 5.32 Å². The predicted molar refractivity (Wildman–Crippen MR) is 53.6 cm³/mol. The van der Waals surface area contributed by atoms with E-state index in [1.54, 1.807) is 0 Å². The van der Waals surface area contributed by atoms with Crippen molar-refractivity contribution in [2.24, 2.45) is 0 Å². The van der Waals surface area contributed by atoms with E-state index in [0.717, 1.165) is 24.6 Å². The van der Waals surface area contributed by atoms with Crippen LogP contribution >= 0.6 is 11.6 Å². The van der Waals surface area contributed by atoms with E-state index in [1.165, 1.54) is 0 Å². The highest BCUT2D eigenvalue weighted by atomic mass is 35.5. The fourth-order valence-electron chi connectivity index (χ4n) is 1.65. The average Bonchev–Trinajstić information content (AvgIpc) is 2.48. The lowest BCUT2D eigenvalue weighted by atomic mass is 10.0. The summed E-state index contributed by atoms with van der Waals surface area (Å²) in [5, 5.41) is 12.1. The number of halogens is 1. The second-order valence-corrected chi connectivity index (χ2v) is 3.87. The minimum Gasteiger partial charge on any atom is -0.315 e. The molecule has 14 heavy (non-hydrogen) atoms. The van der Waals surface area contributed by atoms with Gasteiger partial charge in [-0.3, -0.25) is 4.40 Å². The molecule has 1 saturated heterocycles. The summed E-state index contributed by atoms with van der Waals surface area (Å²) in [6, 6.07) is 3.74.